The summed E-state index contributed by atoms with van der Waals surface area (Å²) < 4.78 is 13.3. The van der Waals surface area contributed by atoms with Crippen LogP contribution < -0.4 is 5.32 Å². The van der Waals surface area contributed by atoms with Crippen LogP contribution in [-0.2, 0) is 4.79 Å². The molecule has 0 heterocycles. The molecule has 0 bridgehead atoms. The molecule has 0 aliphatic carbocycles. The third kappa shape index (κ3) is 2.86. The highest BCUT2D eigenvalue weighted by Crippen LogP contribution is 2.32. The van der Waals surface area contributed by atoms with Crippen molar-refractivity contribution in [3.05, 3.63) is 33.1 Å². The first-order chi connectivity index (χ1) is 8.15. The van der Waals surface area contributed by atoms with Crippen LogP contribution in [0.1, 0.15) is 13.8 Å². The Labute approximate surface area is 107 Å². The van der Waals surface area contributed by atoms with E-state index in [1.807, 2.05) is 0 Å². The zero-order valence-electron chi connectivity index (χ0n) is 9.53. The van der Waals surface area contributed by atoms with E-state index in [0.717, 1.165) is 12.1 Å². The van der Waals surface area contributed by atoms with Gasteiger partial charge in [0.1, 0.15) is 17.0 Å². The highest BCUT2D eigenvalue weighted by Gasteiger charge is 2.30. The van der Waals surface area contributed by atoms with Crippen LogP contribution in [-0.4, -0.2) is 21.5 Å². The van der Waals surface area contributed by atoms with Crippen molar-refractivity contribution in [2.75, 3.05) is 5.32 Å². The Balaban J connectivity index is 3.27. The normalized spacial score (nSPS) is 11.1. The number of nitro benzene ring substituents is 1. The lowest BCUT2D eigenvalue weighted by Gasteiger charge is -2.22. The van der Waals surface area contributed by atoms with Gasteiger partial charge in [-0.25, -0.2) is 9.18 Å². The minimum absolute atomic E-state index is 0.241. The van der Waals surface area contributed by atoms with Crippen LogP contribution in [0.2, 0.25) is 5.02 Å². The second-order valence-electron chi connectivity index (χ2n) is 4.10. The fourth-order valence-electron chi connectivity index (χ4n) is 1.18. The van der Waals surface area contributed by atoms with E-state index in [-0.39, 0.29) is 5.69 Å². The maximum absolute atomic E-state index is 13.3. The molecule has 1 aromatic carbocycles. The lowest BCUT2D eigenvalue weighted by molar-refractivity contribution is -0.384. The summed E-state index contributed by atoms with van der Waals surface area (Å²) in [6.45, 7) is 2.59. The highest BCUT2D eigenvalue weighted by molar-refractivity contribution is 6.31. The van der Waals surface area contributed by atoms with Crippen molar-refractivity contribution in [3.63, 3.8) is 0 Å². The van der Waals surface area contributed by atoms with Gasteiger partial charge < -0.3 is 10.4 Å². The van der Waals surface area contributed by atoms with Crippen LogP contribution >= 0.6 is 11.6 Å². The van der Waals surface area contributed by atoms with E-state index in [2.05, 4.69) is 5.32 Å². The van der Waals surface area contributed by atoms with Crippen LogP contribution in [0.3, 0.4) is 0 Å². The van der Waals surface area contributed by atoms with E-state index >= 15 is 0 Å². The van der Waals surface area contributed by atoms with Crippen molar-refractivity contribution in [2.24, 2.45) is 0 Å². The molecule has 0 saturated carbocycles. The Morgan fingerprint density at radius 2 is 2.11 bits per heavy atom. The molecule has 0 aromatic heterocycles. The number of anilines is 1. The number of carboxylic acid groups (broad SMARTS) is 1. The van der Waals surface area contributed by atoms with Gasteiger partial charge in [0.2, 0.25) is 0 Å². The summed E-state index contributed by atoms with van der Waals surface area (Å²) in [6.07, 6.45) is 0. The topological polar surface area (TPSA) is 92.5 Å². The fraction of sp³-hybridized carbons (Fsp3) is 0.300. The van der Waals surface area contributed by atoms with E-state index in [1.54, 1.807) is 0 Å². The van der Waals surface area contributed by atoms with Gasteiger partial charge in [-0.05, 0) is 13.8 Å². The van der Waals surface area contributed by atoms with Gasteiger partial charge in [-0.15, -0.1) is 0 Å². The average molecular weight is 277 g/mol. The molecular formula is C10H10ClFN2O4. The van der Waals surface area contributed by atoms with Crippen molar-refractivity contribution in [2.45, 2.75) is 19.4 Å². The molecule has 6 nitrogen and oxygen atoms in total. The number of carbonyl (C=O) groups is 1. The number of nitrogens with one attached hydrogen (secondary N) is 1. The van der Waals surface area contributed by atoms with Crippen LogP contribution in [0.25, 0.3) is 0 Å². The number of nitro groups is 1. The number of aliphatic carboxylic acids is 1. The third-order valence-corrected chi connectivity index (χ3v) is 2.51. The summed E-state index contributed by atoms with van der Waals surface area (Å²) in [4.78, 5) is 20.9. The summed E-state index contributed by atoms with van der Waals surface area (Å²) in [5, 5.41) is 21.7. The van der Waals surface area contributed by atoms with Gasteiger partial charge >= 0.3 is 5.97 Å². The molecule has 0 radical (unpaired) electrons. The zero-order chi connectivity index (χ0) is 14.1. The Bertz CT molecular complexity index is 519. The smallest absolute Gasteiger partial charge is 0.328 e. The fourth-order valence-corrected chi connectivity index (χ4v) is 1.34. The number of hydrogen-bond donors (Lipinski definition) is 2. The summed E-state index contributed by atoms with van der Waals surface area (Å²) in [6, 6.07) is 1.63. The highest BCUT2D eigenvalue weighted by atomic mass is 35.5. The van der Waals surface area contributed by atoms with Crippen molar-refractivity contribution < 1.29 is 19.2 Å². The monoisotopic (exact) mass is 276 g/mol. The first-order valence-corrected chi connectivity index (χ1v) is 5.18. The van der Waals surface area contributed by atoms with Gasteiger partial charge in [-0.3, -0.25) is 10.1 Å². The summed E-state index contributed by atoms with van der Waals surface area (Å²) >= 11 is 5.44. The van der Waals surface area contributed by atoms with Gasteiger partial charge in [-0.1, -0.05) is 11.6 Å². The maximum Gasteiger partial charge on any atom is 0.328 e. The quantitative estimate of drug-likeness (QED) is 0.651. The second kappa shape index (κ2) is 4.77. The largest absolute Gasteiger partial charge is 0.480 e. The molecule has 0 unspecified atom stereocenters. The molecule has 0 atom stereocenters. The maximum atomic E-state index is 13.3. The predicted molar refractivity (Wildman–Crippen MR) is 63.4 cm³/mol. The Morgan fingerprint density at radius 3 is 2.56 bits per heavy atom. The Morgan fingerprint density at radius 1 is 1.56 bits per heavy atom. The molecule has 0 aliphatic heterocycles. The summed E-state index contributed by atoms with van der Waals surface area (Å²) in [7, 11) is 0. The van der Waals surface area contributed by atoms with Crippen molar-refractivity contribution in [1.29, 1.82) is 0 Å². The van der Waals surface area contributed by atoms with E-state index in [1.165, 1.54) is 13.8 Å². The number of carboxylic acids is 1. The molecule has 0 saturated heterocycles. The van der Waals surface area contributed by atoms with E-state index in [0.29, 0.717) is 0 Å². The van der Waals surface area contributed by atoms with E-state index in [9.17, 15) is 19.3 Å². The van der Waals surface area contributed by atoms with E-state index in [4.69, 9.17) is 16.7 Å². The molecule has 1 aromatic rings. The number of nitrogens with zero attached hydrogens (tertiary/aromatic N) is 1. The summed E-state index contributed by atoms with van der Waals surface area (Å²) in [5.41, 5.74) is -2.21. The van der Waals surface area contributed by atoms with Crippen LogP contribution in [0.15, 0.2) is 12.1 Å². The van der Waals surface area contributed by atoms with Gasteiger partial charge in [0.15, 0.2) is 0 Å². The minimum Gasteiger partial charge on any atom is -0.480 e. The molecule has 1 rings (SSSR count). The zero-order valence-corrected chi connectivity index (χ0v) is 10.3. The molecule has 0 fully saturated rings. The standard InChI is InChI=1S/C10H10ClFN2O4/c1-10(2,9(15)16)13-7-4-6(12)5(11)3-8(7)14(17)18/h3-4,13H,1-2H3,(H,15,16). The Kier molecular flexibility index (Phi) is 3.76. The predicted octanol–water partition coefficient (Wildman–Crippen LogP) is 2.66. The molecule has 18 heavy (non-hydrogen) atoms. The number of rotatable bonds is 4. The molecule has 0 spiro atoms. The van der Waals surface area contributed by atoms with E-state index < -0.39 is 33.0 Å². The van der Waals surface area contributed by atoms with Gasteiger partial charge in [0, 0.05) is 12.1 Å². The summed E-state index contributed by atoms with van der Waals surface area (Å²) in [5.74, 6) is -2.10. The van der Waals surface area contributed by atoms with Crippen LogP contribution in [0.5, 0.6) is 0 Å². The van der Waals surface area contributed by atoms with Crippen molar-refractivity contribution in [3.8, 4) is 0 Å². The van der Waals surface area contributed by atoms with Crippen molar-refractivity contribution >= 4 is 28.9 Å². The molecule has 2 N–H and O–H groups in total. The third-order valence-electron chi connectivity index (χ3n) is 2.22. The molecular weight excluding hydrogens is 267 g/mol. The molecule has 8 heteroatoms. The lowest BCUT2D eigenvalue weighted by Crippen LogP contribution is -2.40. The van der Waals surface area contributed by atoms with Gasteiger partial charge in [0.25, 0.3) is 5.69 Å². The number of halogens is 2. The Hall–Kier alpha value is -1.89. The molecule has 0 amide bonds. The van der Waals surface area contributed by atoms with Gasteiger partial charge in [-0.2, -0.15) is 0 Å². The average Bonchev–Trinajstić information content (AvgIpc) is 2.22. The second-order valence-corrected chi connectivity index (χ2v) is 4.50. The molecule has 98 valence electrons. The van der Waals surface area contributed by atoms with Gasteiger partial charge in [0.05, 0.1) is 9.95 Å². The van der Waals surface area contributed by atoms with Crippen LogP contribution in [0, 0.1) is 15.9 Å². The SMILES string of the molecule is CC(C)(Nc1cc(F)c(Cl)cc1[N+](=O)[O-])C(=O)O. The first kappa shape index (κ1) is 14.2. The van der Waals surface area contributed by atoms with Crippen LogP contribution in [0.4, 0.5) is 15.8 Å². The number of hydrogen-bond acceptors (Lipinski definition) is 4. The van der Waals surface area contributed by atoms with Crippen molar-refractivity contribution in [1.82, 2.24) is 0 Å². The minimum atomic E-state index is -1.48. The molecule has 0 aliphatic rings. The lowest BCUT2D eigenvalue weighted by atomic mass is 10.1. The first-order valence-electron chi connectivity index (χ1n) is 4.80. The number of benzene rings is 1.